The Labute approximate surface area is 440 Å². The van der Waals surface area contributed by atoms with Gasteiger partial charge in [0.1, 0.15) is 27.3 Å². The van der Waals surface area contributed by atoms with Gasteiger partial charge in [-0.05, 0) is 89.5 Å². The van der Waals surface area contributed by atoms with Crippen molar-refractivity contribution in [3.63, 3.8) is 0 Å². The summed E-state index contributed by atoms with van der Waals surface area (Å²) in [5.41, 5.74) is 10.4. The Morgan fingerprint density at radius 3 is 1.49 bits per heavy atom. The average molecular weight is 1310 g/mol. The lowest BCUT2D eigenvalue weighted by Crippen LogP contribution is -2.31. The zero-order valence-electron chi connectivity index (χ0n) is 34.5. The van der Waals surface area contributed by atoms with Crippen molar-refractivity contribution in [2.75, 3.05) is 5.73 Å². The fraction of sp³-hybridized carbons (Fsp3) is 0.100. The molecule has 18 nitrogen and oxygen atoms in total. The molecule has 0 radical (unpaired) electrons. The first-order chi connectivity index (χ1) is 32.1. The van der Waals surface area contributed by atoms with Crippen LogP contribution in [0.2, 0.25) is 10.0 Å². The van der Waals surface area contributed by atoms with Crippen molar-refractivity contribution in [3.8, 4) is 4.98 Å². The second kappa shape index (κ2) is 31.4. The van der Waals surface area contributed by atoms with Crippen LogP contribution in [0.5, 0.6) is 0 Å². The molecule has 7 aromatic rings. The number of hydrogen-bond acceptors (Lipinski definition) is 16. The molecule has 69 heavy (non-hydrogen) atoms. The summed E-state index contributed by atoms with van der Waals surface area (Å²) >= 11 is 23.8. The van der Waals surface area contributed by atoms with Gasteiger partial charge in [0.2, 0.25) is 23.6 Å². The first kappa shape index (κ1) is 62.2. The summed E-state index contributed by atoms with van der Waals surface area (Å²) < 4.78 is 85.1. The van der Waals surface area contributed by atoms with Gasteiger partial charge in [-0.15, -0.1) is 15.3 Å². The zero-order valence-corrected chi connectivity index (χ0v) is 44.7. The zero-order chi connectivity index (χ0) is 51.0. The Balaban J connectivity index is 0.000000467. The van der Waals surface area contributed by atoms with E-state index in [9.17, 15) is 30.4 Å². The molecule has 7 rings (SSSR count). The summed E-state index contributed by atoms with van der Waals surface area (Å²) in [5, 5.41) is 21.8. The predicted molar refractivity (Wildman–Crippen MR) is 269 cm³/mol. The molecule has 2 heterocycles. The number of rotatable bonds is 10. The Morgan fingerprint density at radius 1 is 0.681 bits per heavy atom. The van der Waals surface area contributed by atoms with Crippen molar-refractivity contribution in [1.29, 1.82) is 5.26 Å². The highest BCUT2D eigenvalue weighted by molar-refractivity contribution is 9.12. The number of nitrogens with zero attached hydrogens (tertiary/aromatic N) is 5. The summed E-state index contributed by atoms with van der Waals surface area (Å²) in [6.45, 7) is 0. The maximum absolute atomic E-state index is 13.1. The van der Waals surface area contributed by atoms with Crippen LogP contribution in [0.1, 0.15) is 34.4 Å². The number of nitrogen functional groups attached to an aromatic ring is 1. The third kappa shape index (κ3) is 23.6. The van der Waals surface area contributed by atoms with E-state index in [1.54, 1.807) is 4.98 Å². The lowest BCUT2D eigenvalue weighted by Gasteiger charge is -2.04. The van der Waals surface area contributed by atoms with E-state index in [1.165, 1.54) is 0 Å². The smallest absolute Gasteiger partial charge is 0.312 e. The fourth-order valence-electron chi connectivity index (χ4n) is 4.92. The average Bonchev–Trinajstić information content (AvgIpc) is 3.88. The minimum Gasteiger partial charge on any atom is -0.424 e. The van der Waals surface area contributed by atoms with Crippen LogP contribution in [0.3, 0.4) is 0 Å². The molecule has 0 atom stereocenters. The summed E-state index contributed by atoms with van der Waals surface area (Å²) in [6, 6.07) is 29.1. The minimum absolute atomic E-state index is 0. The Kier molecular flexibility index (Phi) is 28.4. The molecule has 368 valence electrons. The highest BCUT2D eigenvalue weighted by Crippen LogP contribution is 2.27. The summed E-state index contributed by atoms with van der Waals surface area (Å²) in [6.07, 6.45) is 1.30. The third-order valence-electron chi connectivity index (χ3n) is 7.59. The van der Waals surface area contributed by atoms with Crippen LogP contribution < -0.4 is 17.0 Å². The molecule has 7 N–H and O–H groups in total. The van der Waals surface area contributed by atoms with E-state index in [0.29, 0.717) is 31.0 Å². The molecular weight excluding hydrogens is 1280 g/mol. The second-order valence-electron chi connectivity index (χ2n) is 12.5. The molecule has 5 aromatic carbocycles. The molecule has 2 aromatic heterocycles. The van der Waals surface area contributed by atoms with Crippen LogP contribution in [-0.2, 0) is 48.7 Å². The monoisotopic (exact) mass is 1310 g/mol. The van der Waals surface area contributed by atoms with Crippen molar-refractivity contribution in [2.24, 2.45) is 5.84 Å². The first-order valence-electron chi connectivity index (χ1n) is 18.0. The van der Waals surface area contributed by atoms with Gasteiger partial charge in [0.15, 0.2) is 9.84 Å². The largest absolute Gasteiger partial charge is 0.424 e. The predicted octanol–water partition coefficient (Wildman–Crippen LogP) is 9.69. The minimum atomic E-state index is -3.88. The molecule has 0 bridgehead atoms. The number of aromatic nitrogens is 4. The molecule has 29 heteroatoms. The van der Waals surface area contributed by atoms with Crippen molar-refractivity contribution >= 4 is 128 Å². The molecule has 0 saturated carbocycles. The van der Waals surface area contributed by atoms with Gasteiger partial charge in [-0.1, -0.05) is 112 Å². The number of hydrazine groups is 1. The van der Waals surface area contributed by atoms with E-state index in [-0.39, 0.29) is 43.1 Å². The Bertz CT molecular complexity index is 3030. The van der Waals surface area contributed by atoms with Crippen LogP contribution >= 0.6 is 97.6 Å². The number of amides is 1. The van der Waals surface area contributed by atoms with Gasteiger partial charge < -0.3 is 20.0 Å². The number of hydrogen-bond donors (Lipinski definition) is 3. The number of sulfone groups is 1. The summed E-state index contributed by atoms with van der Waals surface area (Å²) in [7, 11) is -2.72. The highest BCUT2D eigenvalue weighted by atomic mass is 79.9. The molecule has 0 unspecified atom stereocenters. The van der Waals surface area contributed by atoms with Gasteiger partial charge >= 0.3 is 6.01 Å². The highest BCUT2D eigenvalue weighted by Gasteiger charge is 2.23. The molecular formula is C40H33Br4Cl3F2N8O10S2. The number of anilines is 1. The van der Waals surface area contributed by atoms with Gasteiger partial charge in [0.25, 0.3) is 9.05 Å². The van der Waals surface area contributed by atoms with E-state index < -0.39 is 36.3 Å². The van der Waals surface area contributed by atoms with Gasteiger partial charge in [-0.3, -0.25) is 10.2 Å². The van der Waals surface area contributed by atoms with E-state index in [2.05, 4.69) is 89.5 Å². The number of nitriles is 1. The number of nitrogens with two attached hydrogens (primary N) is 2. The Morgan fingerprint density at radius 2 is 1.09 bits per heavy atom. The Hall–Kier alpha value is -4.79. The van der Waals surface area contributed by atoms with E-state index in [0.717, 1.165) is 66.5 Å². The van der Waals surface area contributed by atoms with E-state index in [4.69, 9.17) is 69.5 Å². The van der Waals surface area contributed by atoms with Crippen LogP contribution in [-0.4, -0.2) is 48.6 Å². The van der Waals surface area contributed by atoms with Crippen LogP contribution in [0, 0.1) is 31.8 Å². The second-order valence-corrected chi connectivity index (χ2v) is 21.0. The molecule has 0 saturated heterocycles. The normalized spacial score (nSPS) is 10.2. The lowest BCUT2D eigenvalue weighted by atomic mass is 10.1. The van der Waals surface area contributed by atoms with Gasteiger partial charge in [-0.2, -0.15) is 5.26 Å². The van der Waals surface area contributed by atoms with Crippen LogP contribution in [0.4, 0.5) is 14.8 Å². The van der Waals surface area contributed by atoms with Crippen molar-refractivity contribution < 1.29 is 44.7 Å². The molecule has 1 amide bonds. The quantitative estimate of drug-likeness (QED) is 0.0377. The number of carbonyl (C=O) groups excluding carboxylic acids is 1. The lowest BCUT2D eigenvalue weighted by molar-refractivity contribution is -0.120. The molecule has 0 spiro atoms. The maximum atomic E-state index is 13.1. The van der Waals surface area contributed by atoms with E-state index >= 15 is 0 Å². The molecule has 0 aliphatic rings. The number of halogens is 9. The van der Waals surface area contributed by atoms with E-state index in [1.807, 2.05) is 72.8 Å². The fourth-order valence-corrected chi connectivity index (χ4v) is 9.53. The standard InChI is InChI=1S/C16H11BrClFN2O3S.C9H8BrN3O.C8H9BrN2O.C6H3Cl2FO2S.CBrN.O2.H2O/c17-11-3-1-2-10(6-11)7-15-20-21-16(24-15)9-25(22,23)14-5-4-12(19)8-13(14)18;10-7-3-1-2-6(4-7)5-8-12-13-9(11)14-8;9-7-3-1-2-6(4-7)5-8(12)11-10;7-5-3-4(9)1-2-6(5)12(8,10)11;2-1-3;1-2;/h1-6,8H,7,9H2;1-4H,5H2,(H2,11,13);1-4H,5,10H2,(H,11,12);1-3H;;;1H2. The van der Waals surface area contributed by atoms with Crippen molar-refractivity contribution in [3.05, 3.63) is 189 Å². The van der Waals surface area contributed by atoms with Crippen molar-refractivity contribution in [2.45, 2.75) is 34.8 Å². The molecule has 0 fully saturated rings. The molecule has 0 aliphatic heterocycles. The van der Waals surface area contributed by atoms with Gasteiger partial charge in [0.05, 0.1) is 34.2 Å². The van der Waals surface area contributed by atoms with Crippen LogP contribution in [0.15, 0.2) is 141 Å². The number of carbonyl (C=O) groups is 1. The van der Waals surface area contributed by atoms with Crippen molar-refractivity contribution in [1.82, 2.24) is 25.8 Å². The first-order valence-corrected chi connectivity index (χ1v) is 25.9. The van der Waals surface area contributed by atoms with Gasteiger partial charge in [-0.25, -0.2) is 31.5 Å². The summed E-state index contributed by atoms with van der Waals surface area (Å²) in [5.74, 6) is 3.81. The SMILES string of the molecule is N#CBr.NNC(=O)Cc1cccc(Br)c1.Nc1nnc(Cc2cccc(Br)c2)o1.O.O=O.O=S(=O)(Cc1nnc(Cc2cccc(Br)c2)o1)c1ccc(F)cc1Cl.O=S(=O)(Cl)c1ccc(F)cc1Cl. The topological polar surface area (TPSA) is 317 Å². The maximum Gasteiger partial charge on any atom is 0.312 e. The van der Waals surface area contributed by atoms with Crippen LogP contribution in [0.25, 0.3) is 0 Å². The van der Waals surface area contributed by atoms with Gasteiger partial charge in [0, 0.05) is 50.0 Å². The number of nitrogens with one attached hydrogen (secondary N) is 1. The number of benzene rings is 5. The summed E-state index contributed by atoms with van der Waals surface area (Å²) in [4.78, 5) is 25.9. The molecule has 0 aliphatic carbocycles. The third-order valence-corrected chi connectivity index (χ3v) is 13.0.